The van der Waals surface area contributed by atoms with Gasteiger partial charge in [-0.1, -0.05) is 31.4 Å². The van der Waals surface area contributed by atoms with Crippen LogP contribution < -0.4 is 11.5 Å². The van der Waals surface area contributed by atoms with Crippen LogP contribution in [0.1, 0.15) is 58.8 Å². The fourth-order valence-electron chi connectivity index (χ4n) is 5.90. The predicted molar refractivity (Wildman–Crippen MR) is 131 cm³/mol. The first-order valence-electron chi connectivity index (χ1n) is 11.6. The summed E-state index contributed by atoms with van der Waals surface area (Å²) in [6, 6.07) is 10.2. The average Bonchev–Trinajstić information content (AvgIpc) is 3.32. The van der Waals surface area contributed by atoms with Crippen LogP contribution in [0.4, 0.5) is 0 Å². The molecule has 0 bridgehead atoms. The molecule has 1 saturated carbocycles. The number of aromatic nitrogens is 2. The highest BCUT2D eigenvalue weighted by molar-refractivity contribution is 7.21. The second kappa shape index (κ2) is 7.70. The summed E-state index contributed by atoms with van der Waals surface area (Å²) >= 11 is 1.49. The number of nitrogens with zero attached hydrogens (tertiary/aromatic N) is 2. The van der Waals surface area contributed by atoms with Crippen LogP contribution >= 0.6 is 11.3 Å². The summed E-state index contributed by atoms with van der Waals surface area (Å²) in [5, 5.41) is 1.08. The van der Waals surface area contributed by atoms with Crippen molar-refractivity contribution in [2.24, 2.45) is 17.4 Å². The summed E-state index contributed by atoms with van der Waals surface area (Å²) < 4.78 is 3.37. The number of fused-ring (bicyclic) bond motifs is 7. The molecule has 3 aromatic heterocycles. The molecule has 1 aliphatic heterocycles. The Morgan fingerprint density at radius 2 is 1.91 bits per heavy atom. The van der Waals surface area contributed by atoms with Gasteiger partial charge >= 0.3 is 0 Å². The fourth-order valence-corrected chi connectivity index (χ4v) is 7.03. The molecule has 6 nitrogen and oxygen atoms in total. The molecule has 0 spiro atoms. The van der Waals surface area contributed by atoms with Crippen molar-refractivity contribution in [3.63, 3.8) is 0 Å². The summed E-state index contributed by atoms with van der Waals surface area (Å²) in [6.45, 7) is 0.499. The Hall–Kier alpha value is -3.19. The number of rotatable bonds is 3. The zero-order chi connectivity index (χ0) is 22.7. The molecule has 33 heavy (non-hydrogen) atoms. The molecular weight excluding hydrogens is 432 g/mol. The lowest BCUT2D eigenvalue weighted by Gasteiger charge is -2.24. The van der Waals surface area contributed by atoms with Crippen molar-refractivity contribution < 1.29 is 9.59 Å². The Kier molecular flexibility index (Phi) is 4.76. The van der Waals surface area contributed by atoms with Crippen LogP contribution in [0.15, 0.2) is 36.5 Å². The largest absolute Gasteiger partial charge is 0.369 e. The summed E-state index contributed by atoms with van der Waals surface area (Å²) in [6.07, 6.45) is 8.34. The van der Waals surface area contributed by atoms with Crippen molar-refractivity contribution in [1.29, 1.82) is 0 Å². The Morgan fingerprint density at radius 1 is 1.09 bits per heavy atom. The second-order valence-electron chi connectivity index (χ2n) is 9.36. The maximum Gasteiger partial charge on any atom is 0.258 e. The van der Waals surface area contributed by atoms with Gasteiger partial charge in [-0.25, -0.2) is 0 Å². The molecule has 2 aliphatic rings. The van der Waals surface area contributed by atoms with E-state index in [4.69, 9.17) is 11.5 Å². The van der Waals surface area contributed by atoms with Crippen LogP contribution in [0, 0.1) is 5.92 Å². The molecule has 0 radical (unpaired) electrons. The SMILES string of the molecule is NC(=O)c1cc2c(s1)c(C1CCCCC1)c1n2CC(C(N)=O)Cc2c-1ccc1ncccc21. The Bertz CT molecular complexity index is 1430. The summed E-state index contributed by atoms with van der Waals surface area (Å²) in [5.41, 5.74) is 18.3. The molecule has 2 amide bonds. The number of hydrogen-bond donors (Lipinski definition) is 2. The minimum Gasteiger partial charge on any atom is -0.369 e. The third kappa shape index (κ3) is 3.17. The number of pyridine rings is 1. The zero-order valence-corrected chi connectivity index (χ0v) is 19.2. The van der Waals surface area contributed by atoms with Crippen LogP contribution in [-0.2, 0) is 17.8 Å². The lowest BCUT2D eigenvalue weighted by molar-refractivity contribution is -0.122. The van der Waals surface area contributed by atoms with Gasteiger partial charge in [-0.2, -0.15) is 0 Å². The first-order valence-corrected chi connectivity index (χ1v) is 12.5. The second-order valence-corrected chi connectivity index (χ2v) is 10.4. The summed E-state index contributed by atoms with van der Waals surface area (Å²) in [5.74, 6) is -0.624. The first-order chi connectivity index (χ1) is 16.0. The standard InChI is InChI=1S/C26H26N4O2S/c27-25(31)15-11-18-16-7-4-10-29-19(16)9-8-17(18)23-22(14-5-2-1-3-6-14)24-20(30(23)13-15)12-21(33-24)26(28)32/h4,7-10,12,14-15H,1-3,5-6,11,13H2,(H2,27,31)(H2,28,32). The van der Waals surface area contributed by atoms with Crippen molar-refractivity contribution in [3.8, 4) is 11.3 Å². The van der Waals surface area contributed by atoms with Crippen molar-refractivity contribution in [2.45, 2.75) is 51.0 Å². The summed E-state index contributed by atoms with van der Waals surface area (Å²) in [7, 11) is 0. The van der Waals surface area contributed by atoms with E-state index in [0.717, 1.165) is 45.1 Å². The van der Waals surface area contributed by atoms with E-state index in [0.29, 0.717) is 23.8 Å². The summed E-state index contributed by atoms with van der Waals surface area (Å²) in [4.78, 5) is 29.7. The van der Waals surface area contributed by atoms with Crippen LogP contribution in [0.25, 0.3) is 32.4 Å². The van der Waals surface area contributed by atoms with Crippen molar-refractivity contribution in [1.82, 2.24) is 9.55 Å². The smallest absolute Gasteiger partial charge is 0.258 e. The highest BCUT2D eigenvalue weighted by atomic mass is 32.1. The predicted octanol–water partition coefficient (Wildman–Crippen LogP) is 4.72. The van der Waals surface area contributed by atoms with E-state index in [2.05, 4.69) is 27.8 Å². The zero-order valence-electron chi connectivity index (χ0n) is 18.3. The molecule has 1 fully saturated rings. The van der Waals surface area contributed by atoms with E-state index in [9.17, 15) is 9.59 Å². The van der Waals surface area contributed by atoms with E-state index >= 15 is 0 Å². The molecule has 7 heteroatoms. The van der Waals surface area contributed by atoms with Crippen molar-refractivity contribution >= 4 is 44.3 Å². The number of benzene rings is 1. The maximum atomic E-state index is 12.5. The molecule has 6 rings (SSSR count). The van der Waals surface area contributed by atoms with Crippen molar-refractivity contribution in [3.05, 3.63) is 52.5 Å². The molecule has 0 saturated heterocycles. The third-order valence-electron chi connectivity index (χ3n) is 7.44. The molecule has 1 atom stereocenters. The van der Waals surface area contributed by atoms with Crippen LogP contribution in [0.2, 0.25) is 0 Å². The highest BCUT2D eigenvalue weighted by Crippen LogP contribution is 2.49. The van der Waals surface area contributed by atoms with Gasteiger partial charge in [0.15, 0.2) is 0 Å². The van der Waals surface area contributed by atoms with E-state index in [1.165, 1.54) is 41.9 Å². The fraction of sp³-hybridized carbons (Fsp3) is 0.346. The third-order valence-corrected chi connectivity index (χ3v) is 8.61. The van der Waals surface area contributed by atoms with E-state index in [-0.39, 0.29) is 11.8 Å². The molecule has 1 aliphatic carbocycles. The molecular formula is C26H26N4O2S. The number of nitrogens with two attached hydrogens (primary N) is 2. The Balaban J connectivity index is 1.71. The Labute approximate surface area is 195 Å². The number of carbonyl (C=O) groups excluding carboxylic acids is 2. The van der Waals surface area contributed by atoms with Gasteiger partial charge in [-0.05, 0) is 54.5 Å². The van der Waals surface area contributed by atoms with Gasteiger partial charge in [0.2, 0.25) is 5.91 Å². The minimum absolute atomic E-state index is 0.305. The number of amides is 2. The van der Waals surface area contributed by atoms with Gasteiger partial charge in [0.1, 0.15) is 0 Å². The maximum absolute atomic E-state index is 12.5. The number of hydrogen-bond acceptors (Lipinski definition) is 4. The van der Waals surface area contributed by atoms with E-state index in [1.54, 1.807) is 6.20 Å². The van der Waals surface area contributed by atoms with Gasteiger partial charge in [0.05, 0.1) is 32.2 Å². The van der Waals surface area contributed by atoms with Crippen LogP contribution in [-0.4, -0.2) is 21.4 Å². The molecule has 168 valence electrons. The molecule has 4 heterocycles. The lowest BCUT2D eigenvalue weighted by atomic mass is 9.82. The topological polar surface area (TPSA) is 104 Å². The van der Waals surface area contributed by atoms with Gasteiger partial charge in [0.25, 0.3) is 5.91 Å². The quantitative estimate of drug-likeness (QED) is 0.464. The van der Waals surface area contributed by atoms with Crippen LogP contribution in [0.3, 0.4) is 0 Å². The minimum atomic E-state index is -0.405. The molecule has 4 N–H and O–H groups in total. The first kappa shape index (κ1) is 20.4. The Morgan fingerprint density at radius 3 is 2.67 bits per heavy atom. The molecule has 1 aromatic carbocycles. The van der Waals surface area contributed by atoms with E-state index in [1.807, 2.05) is 12.1 Å². The van der Waals surface area contributed by atoms with Gasteiger partial charge < -0.3 is 16.0 Å². The van der Waals surface area contributed by atoms with Gasteiger partial charge in [-0.15, -0.1) is 11.3 Å². The highest BCUT2D eigenvalue weighted by Gasteiger charge is 2.34. The normalized spacial score (nSPS) is 18.7. The monoisotopic (exact) mass is 458 g/mol. The number of primary amides is 2. The van der Waals surface area contributed by atoms with Crippen LogP contribution in [0.5, 0.6) is 0 Å². The van der Waals surface area contributed by atoms with Gasteiger partial charge in [-0.3, -0.25) is 14.6 Å². The number of thiophene rings is 1. The average molecular weight is 459 g/mol. The molecule has 1 unspecified atom stereocenters. The van der Waals surface area contributed by atoms with Gasteiger partial charge in [0, 0.05) is 23.7 Å². The number of carbonyl (C=O) groups is 2. The molecule has 4 aromatic rings. The van der Waals surface area contributed by atoms with E-state index < -0.39 is 5.91 Å². The lowest BCUT2D eigenvalue weighted by Crippen LogP contribution is -2.28. The van der Waals surface area contributed by atoms with Crippen molar-refractivity contribution in [2.75, 3.05) is 0 Å².